The summed E-state index contributed by atoms with van der Waals surface area (Å²) < 4.78 is 0. The van der Waals surface area contributed by atoms with Crippen LogP contribution in [0.1, 0.15) is 66.2 Å². The van der Waals surface area contributed by atoms with Crippen LogP contribution in [-0.4, -0.2) is 18.5 Å². The fourth-order valence-corrected chi connectivity index (χ4v) is 3.41. The van der Waals surface area contributed by atoms with Crippen molar-refractivity contribution in [1.29, 1.82) is 0 Å². The van der Waals surface area contributed by atoms with Crippen LogP contribution < -0.4 is 11.1 Å². The van der Waals surface area contributed by atoms with Gasteiger partial charge in [0, 0.05) is 12.6 Å². The van der Waals surface area contributed by atoms with Gasteiger partial charge in [-0.3, -0.25) is 4.79 Å². The van der Waals surface area contributed by atoms with Gasteiger partial charge in [-0.1, -0.05) is 40.5 Å². The SMILES string of the molecule is CCC(CC)(CN)C(=O)NC1CCCCC1C(C)C. The summed E-state index contributed by atoms with van der Waals surface area (Å²) >= 11 is 0. The predicted molar refractivity (Wildman–Crippen MR) is 80.8 cm³/mol. The van der Waals surface area contributed by atoms with E-state index in [1.165, 1.54) is 19.3 Å². The minimum atomic E-state index is -0.362. The van der Waals surface area contributed by atoms with E-state index in [9.17, 15) is 4.79 Å². The molecule has 1 fully saturated rings. The standard InChI is InChI=1S/C16H32N2O/c1-5-16(6-2,11-17)15(19)18-14-10-8-7-9-13(14)12(3)4/h12-14H,5-11,17H2,1-4H3,(H,18,19). The smallest absolute Gasteiger partial charge is 0.227 e. The van der Waals surface area contributed by atoms with Gasteiger partial charge in [-0.25, -0.2) is 0 Å². The van der Waals surface area contributed by atoms with E-state index in [1.54, 1.807) is 0 Å². The van der Waals surface area contributed by atoms with Crippen LogP contribution in [0, 0.1) is 17.3 Å². The number of nitrogens with one attached hydrogen (secondary N) is 1. The highest BCUT2D eigenvalue weighted by Crippen LogP contribution is 2.32. The van der Waals surface area contributed by atoms with Crippen molar-refractivity contribution in [2.75, 3.05) is 6.54 Å². The monoisotopic (exact) mass is 268 g/mol. The number of amides is 1. The molecule has 0 aromatic rings. The number of carbonyl (C=O) groups is 1. The van der Waals surface area contributed by atoms with E-state index in [1.807, 2.05) is 0 Å². The number of rotatable bonds is 6. The van der Waals surface area contributed by atoms with Gasteiger partial charge in [0.1, 0.15) is 0 Å². The van der Waals surface area contributed by atoms with Gasteiger partial charge in [-0.05, 0) is 37.5 Å². The summed E-state index contributed by atoms with van der Waals surface area (Å²) in [4.78, 5) is 12.6. The quantitative estimate of drug-likeness (QED) is 0.778. The van der Waals surface area contributed by atoms with Gasteiger partial charge >= 0.3 is 0 Å². The summed E-state index contributed by atoms with van der Waals surface area (Å²) in [6, 6.07) is 0.352. The third-order valence-electron chi connectivity index (χ3n) is 5.22. The second kappa shape index (κ2) is 7.28. The third kappa shape index (κ3) is 3.71. The molecule has 0 spiro atoms. The molecule has 2 unspecified atom stereocenters. The lowest BCUT2D eigenvalue weighted by atomic mass is 9.76. The zero-order chi connectivity index (χ0) is 14.5. The summed E-state index contributed by atoms with van der Waals surface area (Å²) in [6.07, 6.45) is 6.57. The molecule has 19 heavy (non-hydrogen) atoms. The third-order valence-corrected chi connectivity index (χ3v) is 5.22. The number of hydrogen-bond donors (Lipinski definition) is 2. The molecule has 1 rings (SSSR count). The molecule has 0 heterocycles. The molecule has 1 amide bonds. The average Bonchev–Trinajstić information content (AvgIpc) is 2.41. The first-order valence-electron chi connectivity index (χ1n) is 8.01. The number of hydrogen-bond acceptors (Lipinski definition) is 2. The Kier molecular flexibility index (Phi) is 6.31. The Bertz CT molecular complexity index is 276. The lowest BCUT2D eigenvalue weighted by Crippen LogP contribution is -2.52. The highest BCUT2D eigenvalue weighted by atomic mass is 16.2. The lowest BCUT2D eigenvalue weighted by molar-refractivity contribution is -0.132. The first-order chi connectivity index (χ1) is 9.00. The van der Waals surface area contributed by atoms with Crippen molar-refractivity contribution in [3.05, 3.63) is 0 Å². The predicted octanol–water partition coefficient (Wildman–Crippen LogP) is 3.08. The maximum atomic E-state index is 12.6. The van der Waals surface area contributed by atoms with E-state index in [2.05, 4.69) is 33.0 Å². The van der Waals surface area contributed by atoms with E-state index < -0.39 is 0 Å². The Labute approximate surface area is 118 Å². The van der Waals surface area contributed by atoms with E-state index in [4.69, 9.17) is 5.73 Å². The number of carbonyl (C=O) groups excluding carboxylic acids is 1. The van der Waals surface area contributed by atoms with Crippen LogP contribution in [-0.2, 0) is 4.79 Å². The Balaban J connectivity index is 2.73. The van der Waals surface area contributed by atoms with Crippen LogP contribution in [0.4, 0.5) is 0 Å². The van der Waals surface area contributed by atoms with E-state index in [0.717, 1.165) is 19.3 Å². The maximum absolute atomic E-state index is 12.6. The van der Waals surface area contributed by atoms with Gasteiger partial charge in [0.25, 0.3) is 0 Å². The normalized spacial score (nSPS) is 24.5. The van der Waals surface area contributed by atoms with E-state index in [-0.39, 0.29) is 11.3 Å². The zero-order valence-electron chi connectivity index (χ0n) is 13.2. The van der Waals surface area contributed by atoms with Gasteiger partial charge in [-0.15, -0.1) is 0 Å². The van der Waals surface area contributed by atoms with Crippen molar-refractivity contribution in [2.45, 2.75) is 72.3 Å². The van der Waals surface area contributed by atoms with Crippen LogP contribution in [0.15, 0.2) is 0 Å². The molecular formula is C16H32N2O. The Morgan fingerprint density at radius 2 is 1.84 bits per heavy atom. The molecule has 1 aliphatic rings. The molecule has 0 radical (unpaired) electrons. The van der Waals surface area contributed by atoms with Crippen LogP contribution >= 0.6 is 0 Å². The largest absolute Gasteiger partial charge is 0.353 e. The molecule has 3 heteroatoms. The van der Waals surface area contributed by atoms with Crippen LogP contribution in [0.25, 0.3) is 0 Å². The molecule has 112 valence electrons. The van der Waals surface area contributed by atoms with E-state index >= 15 is 0 Å². The molecule has 0 saturated heterocycles. The zero-order valence-corrected chi connectivity index (χ0v) is 13.2. The molecule has 3 nitrogen and oxygen atoms in total. The fourth-order valence-electron chi connectivity index (χ4n) is 3.41. The molecule has 0 bridgehead atoms. The highest BCUT2D eigenvalue weighted by Gasteiger charge is 2.37. The summed E-state index contributed by atoms with van der Waals surface area (Å²) in [5.41, 5.74) is 5.51. The molecule has 1 aliphatic carbocycles. The minimum Gasteiger partial charge on any atom is -0.353 e. The summed E-state index contributed by atoms with van der Waals surface area (Å²) in [5.74, 6) is 1.44. The lowest BCUT2D eigenvalue weighted by Gasteiger charge is -2.38. The minimum absolute atomic E-state index is 0.178. The van der Waals surface area contributed by atoms with Gasteiger partial charge in [0.2, 0.25) is 5.91 Å². The average molecular weight is 268 g/mol. The summed E-state index contributed by atoms with van der Waals surface area (Å²) in [5, 5.41) is 3.33. The number of nitrogens with two attached hydrogens (primary N) is 1. The molecule has 1 saturated carbocycles. The van der Waals surface area contributed by atoms with Crippen molar-refractivity contribution < 1.29 is 4.79 Å². The molecular weight excluding hydrogens is 236 g/mol. The maximum Gasteiger partial charge on any atom is 0.227 e. The second-order valence-electron chi connectivity index (χ2n) is 6.46. The van der Waals surface area contributed by atoms with Crippen molar-refractivity contribution in [3.63, 3.8) is 0 Å². The highest BCUT2D eigenvalue weighted by molar-refractivity contribution is 5.83. The molecule has 2 atom stereocenters. The van der Waals surface area contributed by atoms with E-state index in [0.29, 0.717) is 24.4 Å². The van der Waals surface area contributed by atoms with Gasteiger partial charge in [-0.2, -0.15) is 0 Å². The van der Waals surface area contributed by atoms with Gasteiger partial charge < -0.3 is 11.1 Å². The second-order valence-corrected chi connectivity index (χ2v) is 6.46. The van der Waals surface area contributed by atoms with Crippen molar-refractivity contribution in [1.82, 2.24) is 5.32 Å². The molecule has 0 aliphatic heterocycles. The Morgan fingerprint density at radius 3 is 2.32 bits per heavy atom. The summed E-state index contributed by atoms with van der Waals surface area (Å²) in [7, 11) is 0. The van der Waals surface area contributed by atoms with Crippen molar-refractivity contribution >= 4 is 5.91 Å². The van der Waals surface area contributed by atoms with Crippen molar-refractivity contribution in [3.8, 4) is 0 Å². The van der Waals surface area contributed by atoms with Gasteiger partial charge in [0.15, 0.2) is 0 Å². The Hall–Kier alpha value is -0.570. The van der Waals surface area contributed by atoms with Crippen LogP contribution in [0.3, 0.4) is 0 Å². The first kappa shape index (κ1) is 16.5. The van der Waals surface area contributed by atoms with Crippen molar-refractivity contribution in [2.24, 2.45) is 23.0 Å². The fraction of sp³-hybridized carbons (Fsp3) is 0.938. The Morgan fingerprint density at radius 1 is 1.26 bits per heavy atom. The molecule has 0 aromatic carbocycles. The topological polar surface area (TPSA) is 55.1 Å². The van der Waals surface area contributed by atoms with Gasteiger partial charge in [0.05, 0.1) is 5.41 Å². The molecule has 0 aromatic heterocycles. The first-order valence-corrected chi connectivity index (χ1v) is 8.01. The van der Waals surface area contributed by atoms with Crippen LogP contribution in [0.5, 0.6) is 0 Å². The summed E-state index contributed by atoms with van der Waals surface area (Å²) in [6.45, 7) is 9.12. The van der Waals surface area contributed by atoms with Crippen LogP contribution in [0.2, 0.25) is 0 Å². The molecule has 3 N–H and O–H groups in total.